The number of benzene rings is 1. The van der Waals surface area contributed by atoms with E-state index in [1.54, 1.807) is 23.9 Å². The lowest BCUT2D eigenvalue weighted by molar-refractivity contribution is 0.273. The second kappa shape index (κ2) is 10.5. The van der Waals surface area contributed by atoms with E-state index in [2.05, 4.69) is 34.0 Å². The summed E-state index contributed by atoms with van der Waals surface area (Å²) in [5.41, 5.74) is 4.65. The van der Waals surface area contributed by atoms with E-state index in [1.807, 2.05) is 67.7 Å². The summed E-state index contributed by atoms with van der Waals surface area (Å²) in [5.74, 6) is 0.581. The minimum Gasteiger partial charge on any atom is -0.478 e. The molecular weight excluding hydrogens is 426 g/mol. The van der Waals surface area contributed by atoms with Crippen LogP contribution in [0.3, 0.4) is 0 Å². The molecule has 1 aromatic carbocycles. The molecular formula is C27H31N5O2. The molecule has 0 aliphatic rings. The highest BCUT2D eigenvalue weighted by molar-refractivity contribution is 5.82. The Kier molecular flexibility index (Phi) is 7.23. The predicted molar refractivity (Wildman–Crippen MR) is 135 cm³/mol. The molecule has 0 aliphatic carbocycles. The van der Waals surface area contributed by atoms with Crippen LogP contribution in [0.1, 0.15) is 24.9 Å². The summed E-state index contributed by atoms with van der Waals surface area (Å²) in [6.45, 7) is 3.70. The summed E-state index contributed by atoms with van der Waals surface area (Å²) in [5, 5.41) is 4.61. The van der Waals surface area contributed by atoms with Gasteiger partial charge in [0.05, 0.1) is 18.8 Å². The summed E-state index contributed by atoms with van der Waals surface area (Å²) >= 11 is 0. The monoisotopic (exact) mass is 457 g/mol. The molecule has 176 valence electrons. The number of aryl methyl sites for hydroxylation is 1. The van der Waals surface area contributed by atoms with Crippen molar-refractivity contribution in [2.45, 2.75) is 19.4 Å². The van der Waals surface area contributed by atoms with Gasteiger partial charge in [-0.1, -0.05) is 30.3 Å². The highest BCUT2D eigenvalue weighted by atomic mass is 16.5. The van der Waals surface area contributed by atoms with Crippen molar-refractivity contribution in [3.05, 3.63) is 89.2 Å². The summed E-state index contributed by atoms with van der Waals surface area (Å²) in [4.78, 5) is 19.1. The third-order valence-corrected chi connectivity index (χ3v) is 5.87. The van der Waals surface area contributed by atoms with E-state index in [4.69, 9.17) is 4.74 Å². The van der Waals surface area contributed by atoms with Crippen LogP contribution in [-0.4, -0.2) is 51.5 Å². The fourth-order valence-electron chi connectivity index (χ4n) is 3.85. The number of aromatic nitrogens is 4. The normalized spacial score (nSPS) is 12.1. The van der Waals surface area contributed by atoms with Gasteiger partial charge < -0.3 is 14.2 Å². The van der Waals surface area contributed by atoms with Crippen molar-refractivity contribution in [1.29, 1.82) is 0 Å². The SMILES string of the molecule is CC(c1ccccc1)n1cc(-c2cn(C)c(=O)cc2-c2ccc(OCCCN(C)C)nc2)cn1. The van der Waals surface area contributed by atoms with Gasteiger partial charge in [-0.3, -0.25) is 9.48 Å². The molecule has 1 atom stereocenters. The van der Waals surface area contributed by atoms with E-state index >= 15 is 0 Å². The lowest BCUT2D eigenvalue weighted by Crippen LogP contribution is -2.16. The van der Waals surface area contributed by atoms with Crippen LogP contribution in [0.5, 0.6) is 5.88 Å². The van der Waals surface area contributed by atoms with Crippen LogP contribution in [0, 0.1) is 0 Å². The summed E-state index contributed by atoms with van der Waals surface area (Å²) in [7, 11) is 5.84. The summed E-state index contributed by atoms with van der Waals surface area (Å²) in [6.07, 6.45) is 8.42. The molecule has 0 aliphatic heterocycles. The van der Waals surface area contributed by atoms with Crippen LogP contribution in [0.2, 0.25) is 0 Å². The molecule has 0 N–H and O–H groups in total. The molecule has 0 amide bonds. The van der Waals surface area contributed by atoms with Gasteiger partial charge in [-0.05, 0) is 44.6 Å². The molecule has 4 rings (SSSR count). The van der Waals surface area contributed by atoms with Gasteiger partial charge >= 0.3 is 0 Å². The standard InChI is InChI=1S/C27H31N5O2/c1-20(21-9-6-5-7-10-21)32-18-23(17-29-32)25-19-31(4)27(33)15-24(25)22-11-12-26(28-16-22)34-14-8-13-30(2)3/h5-7,9-12,15-20H,8,13-14H2,1-4H3. The van der Waals surface area contributed by atoms with E-state index in [0.717, 1.165) is 35.2 Å². The number of hydrogen-bond donors (Lipinski definition) is 0. The Hall–Kier alpha value is -3.71. The molecule has 7 nitrogen and oxygen atoms in total. The van der Waals surface area contributed by atoms with Gasteiger partial charge in [0.2, 0.25) is 5.88 Å². The molecule has 0 bridgehead atoms. The lowest BCUT2D eigenvalue weighted by Gasteiger charge is -2.13. The average molecular weight is 458 g/mol. The Bertz CT molecular complexity index is 1280. The number of hydrogen-bond acceptors (Lipinski definition) is 5. The van der Waals surface area contributed by atoms with Crippen molar-refractivity contribution in [2.24, 2.45) is 7.05 Å². The zero-order chi connectivity index (χ0) is 24.1. The first-order valence-electron chi connectivity index (χ1n) is 11.5. The first-order chi connectivity index (χ1) is 16.4. The fourth-order valence-corrected chi connectivity index (χ4v) is 3.85. The quantitative estimate of drug-likeness (QED) is 0.352. The minimum atomic E-state index is -0.0761. The van der Waals surface area contributed by atoms with Crippen LogP contribution in [0.4, 0.5) is 0 Å². The Labute approximate surface area is 200 Å². The van der Waals surface area contributed by atoms with Crippen molar-refractivity contribution in [3.8, 4) is 28.1 Å². The molecule has 0 spiro atoms. The van der Waals surface area contributed by atoms with Crippen LogP contribution >= 0.6 is 0 Å². The Balaban J connectivity index is 1.60. The highest BCUT2D eigenvalue weighted by Crippen LogP contribution is 2.32. The first-order valence-corrected chi connectivity index (χ1v) is 11.5. The molecule has 0 saturated carbocycles. The van der Waals surface area contributed by atoms with Crippen molar-refractivity contribution >= 4 is 0 Å². The zero-order valence-electron chi connectivity index (χ0n) is 20.2. The third-order valence-electron chi connectivity index (χ3n) is 5.87. The lowest BCUT2D eigenvalue weighted by atomic mass is 9.99. The summed E-state index contributed by atoms with van der Waals surface area (Å²) in [6, 6.07) is 15.8. The molecule has 0 radical (unpaired) electrons. The second-order valence-electron chi connectivity index (χ2n) is 8.74. The maximum Gasteiger partial charge on any atom is 0.250 e. The van der Waals surface area contributed by atoms with E-state index in [1.165, 1.54) is 5.56 Å². The van der Waals surface area contributed by atoms with Gasteiger partial charge in [-0.25, -0.2) is 4.98 Å². The maximum absolute atomic E-state index is 12.5. The van der Waals surface area contributed by atoms with Crippen molar-refractivity contribution in [3.63, 3.8) is 0 Å². The predicted octanol–water partition coefficient (Wildman–Crippen LogP) is 4.25. The average Bonchev–Trinajstić information content (AvgIpc) is 3.34. The van der Waals surface area contributed by atoms with Crippen molar-refractivity contribution < 1.29 is 4.74 Å². The van der Waals surface area contributed by atoms with E-state index in [0.29, 0.717) is 12.5 Å². The molecule has 34 heavy (non-hydrogen) atoms. The molecule has 0 fully saturated rings. The van der Waals surface area contributed by atoms with Crippen LogP contribution in [0.15, 0.2) is 78.1 Å². The van der Waals surface area contributed by atoms with E-state index in [9.17, 15) is 4.79 Å². The van der Waals surface area contributed by atoms with Gasteiger partial charge in [0, 0.05) is 61.0 Å². The number of nitrogens with zero attached hydrogens (tertiary/aromatic N) is 5. The number of ether oxygens (including phenoxy) is 1. The van der Waals surface area contributed by atoms with E-state index < -0.39 is 0 Å². The van der Waals surface area contributed by atoms with Crippen LogP contribution in [0.25, 0.3) is 22.3 Å². The first kappa shape index (κ1) is 23.4. The molecule has 3 aromatic heterocycles. The molecule has 3 heterocycles. The van der Waals surface area contributed by atoms with Crippen LogP contribution in [-0.2, 0) is 7.05 Å². The smallest absolute Gasteiger partial charge is 0.250 e. The van der Waals surface area contributed by atoms with Crippen molar-refractivity contribution in [2.75, 3.05) is 27.2 Å². The van der Waals surface area contributed by atoms with Gasteiger partial charge in [-0.15, -0.1) is 0 Å². The van der Waals surface area contributed by atoms with Crippen LogP contribution < -0.4 is 10.3 Å². The Morgan fingerprint density at radius 1 is 1.00 bits per heavy atom. The topological polar surface area (TPSA) is 65.2 Å². The van der Waals surface area contributed by atoms with Gasteiger partial charge in [0.15, 0.2) is 0 Å². The molecule has 0 saturated heterocycles. The zero-order valence-corrected chi connectivity index (χ0v) is 20.2. The minimum absolute atomic E-state index is 0.0761. The van der Waals surface area contributed by atoms with E-state index in [-0.39, 0.29) is 11.6 Å². The fraction of sp³-hybridized carbons (Fsp3) is 0.296. The summed E-state index contributed by atoms with van der Waals surface area (Å²) < 4.78 is 9.30. The third kappa shape index (κ3) is 5.43. The maximum atomic E-state index is 12.5. The van der Waals surface area contributed by atoms with Gasteiger partial charge in [0.1, 0.15) is 0 Å². The second-order valence-corrected chi connectivity index (χ2v) is 8.74. The molecule has 4 aromatic rings. The number of rotatable bonds is 9. The van der Waals surface area contributed by atoms with Crippen molar-refractivity contribution in [1.82, 2.24) is 24.2 Å². The highest BCUT2D eigenvalue weighted by Gasteiger charge is 2.15. The molecule has 1 unspecified atom stereocenters. The largest absolute Gasteiger partial charge is 0.478 e. The Morgan fingerprint density at radius 2 is 1.79 bits per heavy atom. The van der Waals surface area contributed by atoms with Gasteiger partial charge in [0.25, 0.3) is 5.56 Å². The Morgan fingerprint density at radius 3 is 2.50 bits per heavy atom. The van der Waals surface area contributed by atoms with Gasteiger partial charge in [-0.2, -0.15) is 5.10 Å². The number of pyridine rings is 2. The molecule has 7 heteroatoms.